The lowest BCUT2D eigenvalue weighted by molar-refractivity contribution is 0.191. The van der Waals surface area contributed by atoms with Crippen molar-refractivity contribution < 1.29 is 9.13 Å². The summed E-state index contributed by atoms with van der Waals surface area (Å²) in [5.41, 5.74) is 1.84. The van der Waals surface area contributed by atoms with Crippen LogP contribution >= 0.6 is 0 Å². The molecule has 2 fully saturated rings. The van der Waals surface area contributed by atoms with Gasteiger partial charge in [0.05, 0.1) is 18.0 Å². The largest absolute Gasteiger partial charge is 0.468 e. The molecule has 2 aliphatic rings. The second kappa shape index (κ2) is 7.26. The predicted octanol–water partition coefficient (Wildman–Crippen LogP) is 3.28. The van der Waals surface area contributed by atoms with Crippen molar-refractivity contribution in [2.24, 2.45) is 11.8 Å². The summed E-state index contributed by atoms with van der Waals surface area (Å²) in [6, 6.07) is 14.7. The van der Waals surface area contributed by atoms with Gasteiger partial charge in [-0.3, -0.25) is 9.36 Å². The maximum atomic E-state index is 13.2. The summed E-state index contributed by atoms with van der Waals surface area (Å²) in [4.78, 5) is 19.8. The molecular weight excluding hydrogens is 369 g/mol. The summed E-state index contributed by atoms with van der Waals surface area (Å²) in [5, 5.41) is 0.617. The van der Waals surface area contributed by atoms with Crippen molar-refractivity contribution in [3.8, 4) is 6.01 Å². The summed E-state index contributed by atoms with van der Waals surface area (Å²) >= 11 is 0. The van der Waals surface area contributed by atoms with Gasteiger partial charge in [0.1, 0.15) is 5.82 Å². The molecule has 0 N–H and O–H groups in total. The van der Waals surface area contributed by atoms with Crippen LogP contribution in [0, 0.1) is 17.7 Å². The molecule has 5 rings (SSSR count). The highest BCUT2D eigenvalue weighted by atomic mass is 19.1. The molecule has 6 heteroatoms. The first-order valence-corrected chi connectivity index (χ1v) is 10.2. The normalized spacial score (nSPS) is 23.7. The molecule has 0 bridgehead atoms. The van der Waals surface area contributed by atoms with Gasteiger partial charge in [-0.15, -0.1) is 0 Å². The Balaban J connectivity index is 1.29. The highest BCUT2D eigenvalue weighted by molar-refractivity contribution is 5.77. The number of ether oxygens (including phenoxy) is 1. The number of nitrogens with zero attached hydrogens (tertiary/aromatic N) is 3. The number of para-hydroxylation sites is 1. The summed E-state index contributed by atoms with van der Waals surface area (Å²) in [6.45, 7) is 3.42. The lowest BCUT2D eigenvalue weighted by Crippen LogP contribution is -2.33. The van der Waals surface area contributed by atoms with Crippen LogP contribution in [0.4, 0.5) is 4.39 Å². The van der Waals surface area contributed by atoms with Crippen LogP contribution in [0.15, 0.2) is 53.3 Å². The Kier molecular flexibility index (Phi) is 4.59. The minimum absolute atomic E-state index is 0.0567. The van der Waals surface area contributed by atoms with Crippen LogP contribution in [0.2, 0.25) is 0 Å². The molecule has 3 unspecified atom stereocenters. The van der Waals surface area contributed by atoms with E-state index in [-0.39, 0.29) is 11.4 Å². The standard InChI is InChI=1S/C23H24FN3O2/c1-29-23-25-21-5-3-2-4-18(21)22(28)27(23)11-10-26-13-16-12-19(20(16)14-26)15-6-8-17(24)9-7-15/h2-9,16,19-20H,10-14H2,1H3. The monoisotopic (exact) mass is 393 g/mol. The zero-order chi connectivity index (χ0) is 20.0. The van der Waals surface area contributed by atoms with E-state index in [4.69, 9.17) is 4.74 Å². The van der Waals surface area contributed by atoms with E-state index in [0.717, 1.165) is 26.1 Å². The van der Waals surface area contributed by atoms with Gasteiger partial charge in [0.25, 0.3) is 11.6 Å². The maximum Gasteiger partial charge on any atom is 0.299 e. The molecule has 29 heavy (non-hydrogen) atoms. The van der Waals surface area contributed by atoms with E-state index in [0.29, 0.717) is 41.2 Å². The zero-order valence-electron chi connectivity index (χ0n) is 16.4. The Morgan fingerprint density at radius 3 is 2.69 bits per heavy atom. The summed E-state index contributed by atoms with van der Waals surface area (Å²) in [7, 11) is 1.55. The van der Waals surface area contributed by atoms with E-state index in [1.54, 1.807) is 23.8 Å². The van der Waals surface area contributed by atoms with Crippen molar-refractivity contribution >= 4 is 10.9 Å². The number of hydrogen-bond acceptors (Lipinski definition) is 4. The van der Waals surface area contributed by atoms with Crippen LogP contribution in [-0.2, 0) is 6.54 Å². The number of hydrogen-bond donors (Lipinski definition) is 0. The number of methoxy groups -OCH3 is 1. The molecule has 0 amide bonds. The Labute approximate surface area is 168 Å². The van der Waals surface area contributed by atoms with Gasteiger partial charge < -0.3 is 9.64 Å². The first-order valence-electron chi connectivity index (χ1n) is 10.2. The second-order valence-corrected chi connectivity index (χ2v) is 8.15. The number of aromatic nitrogens is 2. The number of fused-ring (bicyclic) bond motifs is 2. The summed E-state index contributed by atoms with van der Waals surface area (Å²) in [6.07, 6.45) is 1.16. The van der Waals surface area contributed by atoms with Crippen molar-refractivity contribution in [3.63, 3.8) is 0 Å². The van der Waals surface area contributed by atoms with E-state index in [1.807, 2.05) is 36.4 Å². The molecule has 3 aromatic rings. The fraction of sp³-hybridized carbons (Fsp3) is 0.391. The highest BCUT2D eigenvalue weighted by Crippen LogP contribution is 2.51. The van der Waals surface area contributed by atoms with Crippen LogP contribution in [0.5, 0.6) is 6.01 Å². The second-order valence-electron chi connectivity index (χ2n) is 8.15. The van der Waals surface area contributed by atoms with Crippen molar-refractivity contribution in [2.75, 3.05) is 26.7 Å². The van der Waals surface area contributed by atoms with E-state index in [2.05, 4.69) is 9.88 Å². The average molecular weight is 393 g/mol. The van der Waals surface area contributed by atoms with E-state index >= 15 is 0 Å². The number of rotatable bonds is 5. The van der Waals surface area contributed by atoms with Crippen LogP contribution in [0.1, 0.15) is 17.9 Å². The fourth-order valence-electron chi connectivity index (χ4n) is 5.02. The topological polar surface area (TPSA) is 47.4 Å². The van der Waals surface area contributed by atoms with Gasteiger partial charge in [-0.1, -0.05) is 24.3 Å². The van der Waals surface area contributed by atoms with Gasteiger partial charge >= 0.3 is 0 Å². The van der Waals surface area contributed by atoms with Gasteiger partial charge in [0, 0.05) is 26.2 Å². The smallest absolute Gasteiger partial charge is 0.299 e. The van der Waals surface area contributed by atoms with Crippen molar-refractivity contribution in [2.45, 2.75) is 18.9 Å². The molecule has 1 aliphatic heterocycles. The third kappa shape index (κ3) is 3.21. The first-order chi connectivity index (χ1) is 14.1. The Morgan fingerprint density at radius 2 is 1.90 bits per heavy atom. The van der Waals surface area contributed by atoms with Crippen LogP contribution in [0.3, 0.4) is 0 Å². The molecular formula is C23H24FN3O2. The summed E-state index contributed by atoms with van der Waals surface area (Å²) in [5.74, 6) is 1.65. The van der Waals surface area contributed by atoms with Crippen molar-refractivity contribution in [1.82, 2.24) is 14.5 Å². The Bertz CT molecular complexity index is 1100. The van der Waals surface area contributed by atoms with Crippen LogP contribution in [0.25, 0.3) is 10.9 Å². The molecule has 2 heterocycles. The maximum absolute atomic E-state index is 13.2. The number of halogens is 1. The molecule has 5 nitrogen and oxygen atoms in total. The van der Waals surface area contributed by atoms with Gasteiger partial charge in [-0.2, -0.15) is 4.98 Å². The third-order valence-corrected chi connectivity index (χ3v) is 6.59. The molecule has 2 aromatic carbocycles. The molecule has 1 saturated carbocycles. The predicted molar refractivity (Wildman–Crippen MR) is 110 cm³/mol. The minimum atomic E-state index is -0.180. The van der Waals surface area contributed by atoms with Gasteiger partial charge in [-0.05, 0) is 54.0 Å². The molecule has 1 aromatic heterocycles. The van der Waals surface area contributed by atoms with Crippen molar-refractivity contribution in [3.05, 3.63) is 70.3 Å². The number of benzene rings is 2. The fourth-order valence-corrected chi connectivity index (χ4v) is 5.02. The lowest BCUT2D eigenvalue weighted by Gasteiger charge is -2.40. The van der Waals surface area contributed by atoms with E-state index in [1.165, 1.54) is 5.56 Å². The lowest BCUT2D eigenvalue weighted by atomic mass is 9.64. The summed E-state index contributed by atoms with van der Waals surface area (Å²) < 4.78 is 20.2. The van der Waals surface area contributed by atoms with E-state index in [9.17, 15) is 9.18 Å². The molecule has 0 spiro atoms. The first kappa shape index (κ1) is 18.3. The minimum Gasteiger partial charge on any atom is -0.468 e. The molecule has 150 valence electrons. The molecule has 3 atom stereocenters. The van der Waals surface area contributed by atoms with Crippen molar-refractivity contribution in [1.29, 1.82) is 0 Å². The molecule has 1 aliphatic carbocycles. The quantitative estimate of drug-likeness (QED) is 0.668. The van der Waals surface area contributed by atoms with Crippen LogP contribution < -0.4 is 10.3 Å². The zero-order valence-corrected chi connectivity index (χ0v) is 16.4. The SMILES string of the molecule is COc1nc2ccccc2c(=O)n1CCN1CC2CC(c3ccc(F)cc3)C2C1. The van der Waals surface area contributed by atoms with E-state index < -0.39 is 0 Å². The Morgan fingerprint density at radius 1 is 1.10 bits per heavy atom. The third-order valence-electron chi connectivity index (χ3n) is 6.59. The van der Waals surface area contributed by atoms with Crippen LogP contribution in [-0.4, -0.2) is 41.2 Å². The molecule has 1 saturated heterocycles. The van der Waals surface area contributed by atoms with Gasteiger partial charge in [0.15, 0.2) is 0 Å². The van der Waals surface area contributed by atoms with Gasteiger partial charge in [-0.25, -0.2) is 4.39 Å². The highest BCUT2D eigenvalue weighted by Gasteiger charge is 2.47. The number of likely N-dealkylation sites (tertiary alicyclic amines) is 1. The Hall–Kier alpha value is -2.73. The molecule has 0 radical (unpaired) electrons. The average Bonchev–Trinajstić information content (AvgIpc) is 3.04. The van der Waals surface area contributed by atoms with Gasteiger partial charge in [0.2, 0.25) is 0 Å².